The molecule has 0 N–H and O–H groups in total. The van der Waals surface area contributed by atoms with Gasteiger partial charge in [-0.1, -0.05) is 6.07 Å². The zero-order chi connectivity index (χ0) is 13.6. The number of nitrogens with zero attached hydrogens (tertiary/aromatic N) is 2. The molecule has 0 radical (unpaired) electrons. The molecule has 0 amide bonds. The topological polar surface area (TPSA) is 36.3 Å². The highest BCUT2D eigenvalue weighted by Gasteiger charge is 2.15. The van der Waals surface area contributed by atoms with Gasteiger partial charge in [0.05, 0.1) is 18.1 Å². The molecule has 0 aromatic heterocycles. The van der Waals surface area contributed by atoms with E-state index in [1.807, 2.05) is 57.1 Å². The van der Waals surface area contributed by atoms with Crippen molar-refractivity contribution in [2.24, 2.45) is 5.41 Å². The Morgan fingerprint density at radius 2 is 2.06 bits per heavy atom. The molecule has 0 saturated heterocycles. The van der Waals surface area contributed by atoms with E-state index in [1.165, 1.54) is 0 Å². The van der Waals surface area contributed by atoms with Crippen LogP contribution in [0.3, 0.4) is 0 Å². The molecule has 98 valence electrons. The van der Waals surface area contributed by atoms with E-state index < -0.39 is 0 Å². The Labute approximate surface area is 110 Å². The highest BCUT2D eigenvalue weighted by molar-refractivity contribution is 5.49. The molecule has 0 aliphatic carbocycles. The molecular formula is C15H22N2O. The second kappa shape index (κ2) is 6.30. The van der Waals surface area contributed by atoms with Crippen molar-refractivity contribution in [1.82, 2.24) is 0 Å². The van der Waals surface area contributed by atoms with Crippen molar-refractivity contribution in [1.29, 1.82) is 5.26 Å². The number of hydrogen-bond donors (Lipinski definition) is 0. The summed E-state index contributed by atoms with van der Waals surface area (Å²) >= 11 is 0. The SMILES string of the molecule is CN(C)c1cccc(OCCCC(C)(C)C#N)c1. The normalized spacial score (nSPS) is 10.8. The Balaban J connectivity index is 2.41. The molecule has 3 nitrogen and oxygen atoms in total. The number of ether oxygens (including phenoxy) is 1. The molecule has 0 fully saturated rings. The third-order valence-electron chi connectivity index (χ3n) is 2.85. The van der Waals surface area contributed by atoms with Gasteiger partial charge >= 0.3 is 0 Å². The van der Waals surface area contributed by atoms with Crippen molar-refractivity contribution in [3.05, 3.63) is 24.3 Å². The summed E-state index contributed by atoms with van der Waals surface area (Å²) in [5, 5.41) is 8.91. The van der Waals surface area contributed by atoms with Crippen LogP contribution in [-0.2, 0) is 0 Å². The third-order valence-corrected chi connectivity index (χ3v) is 2.85. The van der Waals surface area contributed by atoms with E-state index in [1.54, 1.807) is 0 Å². The molecule has 1 rings (SSSR count). The average Bonchev–Trinajstić information content (AvgIpc) is 2.35. The first-order valence-electron chi connectivity index (χ1n) is 6.26. The van der Waals surface area contributed by atoms with Gasteiger partial charge in [0.1, 0.15) is 5.75 Å². The zero-order valence-corrected chi connectivity index (χ0v) is 11.7. The van der Waals surface area contributed by atoms with Crippen LogP contribution in [0.15, 0.2) is 24.3 Å². The summed E-state index contributed by atoms with van der Waals surface area (Å²) in [7, 11) is 4.02. The van der Waals surface area contributed by atoms with Crippen molar-refractivity contribution in [3.63, 3.8) is 0 Å². The highest BCUT2D eigenvalue weighted by atomic mass is 16.5. The van der Waals surface area contributed by atoms with Gasteiger partial charge in [-0.15, -0.1) is 0 Å². The molecule has 0 spiro atoms. The quantitative estimate of drug-likeness (QED) is 0.721. The van der Waals surface area contributed by atoms with E-state index in [2.05, 4.69) is 6.07 Å². The Morgan fingerprint density at radius 1 is 1.33 bits per heavy atom. The lowest BCUT2D eigenvalue weighted by molar-refractivity contribution is 0.284. The standard InChI is InChI=1S/C15H22N2O/c1-15(2,12-16)9-6-10-18-14-8-5-7-13(11-14)17(3)4/h5,7-8,11H,6,9-10H2,1-4H3. The number of hydrogen-bond acceptors (Lipinski definition) is 3. The molecule has 0 saturated carbocycles. The fourth-order valence-electron chi connectivity index (χ4n) is 1.61. The summed E-state index contributed by atoms with van der Waals surface area (Å²) < 4.78 is 5.70. The van der Waals surface area contributed by atoms with Gasteiger partial charge in [-0.25, -0.2) is 0 Å². The van der Waals surface area contributed by atoms with Gasteiger partial charge in [0.25, 0.3) is 0 Å². The number of rotatable bonds is 6. The van der Waals surface area contributed by atoms with Crippen molar-refractivity contribution < 1.29 is 4.74 Å². The van der Waals surface area contributed by atoms with Crippen LogP contribution >= 0.6 is 0 Å². The van der Waals surface area contributed by atoms with Gasteiger partial charge in [-0.3, -0.25) is 0 Å². The summed E-state index contributed by atoms with van der Waals surface area (Å²) in [6, 6.07) is 10.3. The fraction of sp³-hybridized carbons (Fsp3) is 0.533. The minimum Gasteiger partial charge on any atom is -0.494 e. The number of nitriles is 1. The molecule has 18 heavy (non-hydrogen) atoms. The lowest BCUT2D eigenvalue weighted by Gasteiger charge is -2.16. The summed E-state index contributed by atoms with van der Waals surface area (Å²) in [6.07, 6.45) is 1.75. The summed E-state index contributed by atoms with van der Waals surface area (Å²) in [4.78, 5) is 2.05. The van der Waals surface area contributed by atoms with E-state index in [-0.39, 0.29) is 5.41 Å². The molecule has 0 heterocycles. The first-order valence-corrected chi connectivity index (χ1v) is 6.26. The molecular weight excluding hydrogens is 224 g/mol. The molecule has 0 atom stereocenters. The van der Waals surface area contributed by atoms with Gasteiger partial charge < -0.3 is 9.64 Å². The van der Waals surface area contributed by atoms with E-state index in [0.717, 1.165) is 24.3 Å². The van der Waals surface area contributed by atoms with E-state index in [9.17, 15) is 0 Å². The van der Waals surface area contributed by atoms with Gasteiger partial charge in [0, 0.05) is 25.8 Å². The Morgan fingerprint density at radius 3 is 2.67 bits per heavy atom. The van der Waals surface area contributed by atoms with Crippen molar-refractivity contribution in [2.45, 2.75) is 26.7 Å². The molecule has 1 aromatic rings. The van der Waals surface area contributed by atoms with Crippen LogP contribution in [0.5, 0.6) is 5.75 Å². The van der Waals surface area contributed by atoms with Crippen LogP contribution in [0.1, 0.15) is 26.7 Å². The molecule has 1 aromatic carbocycles. The van der Waals surface area contributed by atoms with Gasteiger partial charge in [-0.2, -0.15) is 5.26 Å². The van der Waals surface area contributed by atoms with Gasteiger partial charge in [0.15, 0.2) is 0 Å². The summed E-state index contributed by atoms with van der Waals surface area (Å²) in [5.74, 6) is 0.885. The first kappa shape index (κ1) is 14.4. The van der Waals surface area contributed by atoms with E-state index >= 15 is 0 Å². The molecule has 0 aliphatic rings. The first-order chi connectivity index (χ1) is 8.44. The summed E-state index contributed by atoms with van der Waals surface area (Å²) in [6.45, 7) is 4.57. The van der Waals surface area contributed by atoms with Crippen molar-refractivity contribution >= 4 is 5.69 Å². The summed E-state index contributed by atoms with van der Waals surface area (Å²) in [5.41, 5.74) is 0.874. The maximum Gasteiger partial charge on any atom is 0.121 e. The average molecular weight is 246 g/mol. The lowest BCUT2D eigenvalue weighted by Crippen LogP contribution is -2.10. The zero-order valence-electron chi connectivity index (χ0n) is 11.7. The smallest absolute Gasteiger partial charge is 0.121 e. The molecule has 0 unspecified atom stereocenters. The molecule has 0 aliphatic heterocycles. The molecule has 3 heteroatoms. The van der Waals surface area contributed by atoms with Crippen LogP contribution in [0.2, 0.25) is 0 Å². The van der Waals surface area contributed by atoms with Crippen molar-refractivity contribution in [3.8, 4) is 11.8 Å². The van der Waals surface area contributed by atoms with Crippen molar-refractivity contribution in [2.75, 3.05) is 25.6 Å². The van der Waals surface area contributed by atoms with Gasteiger partial charge in [-0.05, 0) is 38.8 Å². The second-order valence-electron chi connectivity index (χ2n) is 5.34. The Bertz CT molecular complexity index is 419. The third kappa shape index (κ3) is 4.67. The number of anilines is 1. The second-order valence-corrected chi connectivity index (χ2v) is 5.34. The minimum absolute atomic E-state index is 0.255. The Kier molecular flexibility index (Phi) is 5.03. The predicted molar refractivity (Wildman–Crippen MR) is 74.9 cm³/mol. The minimum atomic E-state index is -0.255. The van der Waals surface area contributed by atoms with Crippen LogP contribution in [0, 0.1) is 16.7 Å². The fourth-order valence-corrected chi connectivity index (χ4v) is 1.61. The largest absolute Gasteiger partial charge is 0.494 e. The van der Waals surface area contributed by atoms with E-state index in [0.29, 0.717) is 6.61 Å². The maximum atomic E-state index is 8.91. The Hall–Kier alpha value is -1.69. The van der Waals surface area contributed by atoms with Gasteiger partial charge in [0.2, 0.25) is 0 Å². The number of benzene rings is 1. The highest BCUT2D eigenvalue weighted by Crippen LogP contribution is 2.22. The van der Waals surface area contributed by atoms with E-state index in [4.69, 9.17) is 10.00 Å². The van der Waals surface area contributed by atoms with Crippen LogP contribution in [0.25, 0.3) is 0 Å². The van der Waals surface area contributed by atoms with Crippen LogP contribution in [0.4, 0.5) is 5.69 Å². The maximum absolute atomic E-state index is 8.91. The molecule has 0 bridgehead atoms. The van der Waals surface area contributed by atoms with Crippen LogP contribution < -0.4 is 9.64 Å². The lowest BCUT2D eigenvalue weighted by atomic mass is 9.90. The monoisotopic (exact) mass is 246 g/mol. The predicted octanol–water partition coefficient (Wildman–Crippen LogP) is 3.46. The van der Waals surface area contributed by atoms with Crippen LogP contribution in [-0.4, -0.2) is 20.7 Å².